The summed E-state index contributed by atoms with van der Waals surface area (Å²) in [4.78, 5) is 22.0. The molecule has 7 nitrogen and oxygen atoms in total. The highest BCUT2D eigenvalue weighted by molar-refractivity contribution is 5.90. The Morgan fingerprint density at radius 2 is 2.00 bits per heavy atom. The maximum Gasteiger partial charge on any atom is 0.336 e. The van der Waals surface area contributed by atoms with Crippen molar-refractivity contribution in [3.8, 4) is 0 Å². The van der Waals surface area contributed by atoms with Gasteiger partial charge in [-0.25, -0.2) is 4.79 Å². The zero-order chi connectivity index (χ0) is 14.6. The second kappa shape index (κ2) is 6.17. The van der Waals surface area contributed by atoms with E-state index in [4.69, 9.17) is 10.8 Å². The lowest BCUT2D eigenvalue weighted by Gasteiger charge is -2.19. The molecule has 104 valence electrons. The maximum atomic E-state index is 11.0. The van der Waals surface area contributed by atoms with Crippen molar-refractivity contribution in [3.63, 3.8) is 0 Å². The summed E-state index contributed by atoms with van der Waals surface area (Å²) in [5, 5.41) is 28.6. The van der Waals surface area contributed by atoms with E-state index in [2.05, 4.69) is 4.74 Å². The van der Waals surface area contributed by atoms with Crippen molar-refractivity contribution >= 4 is 17.6 Å². The molecule has 1 aromatic carbocycles. The molecule has 0 aromatic heterocycles. The normalized spacial score (nSPS) is 13.6. The van der Waals surface area contributed by atoms with Crippen LogP contribution < -0.4 is 5.73 Å². The van der Waals surface area contributed by atoms with Gasteiger partial charge in [0.05, 0.1) is 25.2 Å². The van der Waals surface area contributed by atoms with Crippen molar-refractivity contribution in [2.24, 2.45) is 0 Å². The molecule has 0 spiro atoms. The number of carbonyl (C=O) groups is 2. The fourth-order valence-corrected chi connectivity index (χ4v) is 1.59. The Morgan fingerprint density at radius 3 is 2.53 bits per heavy atom. The van der Waals surface area contributed by atoms with Gasteiger partial charge < -0.3 is 25.8 Å². The number of nitrogen functional groups attached to an aromatic ring is 1. The van der Waals surface area contributed by atoms with E-state index in [-0.39, 0.29) is 16.8 Å². The first-order chi connectivity index (χ1) is 8.86. The summed E-state index contributed by atoms with van der Waals surface area (Å²) in [6, 6.07) is 3.87. The molecular formula is C12H15NO6. The average Bonchev–Trinajstić information content (AvgIpc) is 2.37. The van der Waals surface area contributed by atoms with Gasteiger partial charge in [0.1, 0.15) is 6.10 Å². The highest BCUT2D eigenvalue weighted by atomic mass is 16.5. The number of methoxy groups -OCH3 is 1. The van der Waals surface area contributed by atoms with Crippen LogP contribution in [0.1, 0.15) is 28.4 Å². The molecule has 1 aromatic rings. The number of aliphatic hydroxyl groups is 2. The third-order valence-corrected chi connectivity index (χ3v) is 2.59. The molecule has 0 radical (unpaired) electrons. The van der Waals surface area contributed by atoms with E-state index in [1.807, 2.05) is 0 Å². The number of rotatable bonds is 5. The summed E-state index contributed by atoms with van der Waals surface area (Å²) in [5.74, 6) is -1.99. The smallest absolute Gasteiger partial charge is 0.336 e. The number of ether oxygens (including phenoxy) is 1. The summed E-state index contributed by atoms with van der Waals surface area (Å²) in [6.07, 6.45) is -3.43. The van der Waals surface area contributed by atoms with Crippen LogP contribution >= 0.6 is 0 Å². The molecule has 5 N–H and O–H groups in total. The maximum absolute atomic E-state index is 11.0. The number of benzene rings is 1. The predicted molar refractivity (Wildman–Crippen MR) is 65.4 cm³/mol. The van der Waals surface area contributed by atoms with Gasteiger partial charge in [-0.1, -0.05) is 6.07 Å². The first-order valence-electron chi connectivity index (χ1n) is 5.42. The fraction of sp³-hybridized carbons (Fsp3) is 0.333. The third kappa shape index (κ3) is 3.67. The molecule has 0 aliphatic carbocycles. The standard InChI is InChI=1S/C12H15NO6/c1-19-10(15)5-9(14)11(16)7-3-2-6(13)4-8(7)12(17)18/h2-4,9,11,14,16H,5,13H2,1H3,(H,17,18). The number of hydrogen-bond donors (Lipinski definition) is 4. The lowest BCUT2D eigenvalue weighted by molar-refractivity contribution is -0.144. The van der Waals surface area contributed by atoms with Crippen molar-refractivity contribution in [1.29, 1.82) is 0 Å². The number of esters is 1. The number of aliphatic hydroxyl groups excluding tert-OH is 2. The van der Waals surface area contributed by atoms with Gasteiger partial charge >= 0.3 is 11.9 Å². The third-order valence-electron chi connectivity index (χ3n) is 2.59. The molecule has 0 aliphatic rings. The molecule has 0 saturated heterocycles. The largest absolute Gasteiger partial charge is 0.478 e. The van der Waals surface area contributed by atoms with Gasteiger partial charge in [0.15, 0.2) is 0 Å². The van der Waals surface area contributed by atoms with E-state index < -0.39 is 30.6 Å². The molecule has 1 rings (SSSR count). The van der Waals surface area contributed by atoms with Crippen LogP contribution in [0, 0.1) is 0 Å². The number of nitrogens with two attached hydrogens (primary N) is 1. The minimum Gasteiger partial charge on any atom is -0.478 e. The predicted octanol–water partition coefficient (Wildman–Crippen LogP) is -0.0756. The van der Waals surface area contributed by atoms with E-state index in [9.17, 15) is 19.8 Å². The Bertz CT molecular complexity index is 487. The van der Waals surface area contributed by atoms with Gasteiger partial charge in [0.2, 0.25) is 0 Å². The number of carboxylic acid groups (broad SMARTS) is 1. The Labute approximate surface area is 109 Å². The Kier molecular flexibility index (Phi) is 4.85. The van der Waals surface area contributed by atoms with Crippen LogP contribution in [0.15, 0.2) is 18.2 Å². The number of hydrogen-bond acceptors (Lipinski definition) is 6. The first kappa shape index (κ1) is 14.9. The number of carbonyl (C=O) groups excluding carboxylic acids is 1. The van der Waals surface area contributed by atoms with Gasteiger partial charge in [-0.2, -0.15) is 0 Å². The molecule has 7 heteroatoms. The molecule has 0 amide bonds. The topological polar surface area (TPSA) is 130 Å². The lowest BCUT2D eigenvalue weighted by atomic mass is 9.96. The molecule has 2 atom stereocenters. The second-order valence-corrected chi connectivity index (χ2v) is 3.94. The summed E-state index contributed by atoms with van der Waals surface area (Å²) in [7, 11) is 1.15. The lowest BCUT2D eigenvalue weighted by Crippen LogP contribution is -2.24. The quantitative estimate of drug-likeness (QED) is 0.434. The van der Waals surface area contributed by atoms with E-state index in [1.54, 1.807) is 0 Å². The van der Waals surface area contributed by atoms with Gasteiger partial charge in [-0.15, -0.1) is 0 Å². The monoisotopic (exact) mass is 269 g/mol. The van der Waals surface area contributed by atoms with Crippen molar-refractivity contribution in [1.82, 2.24) is 0 Å². The molecule has 0 aliphatic heterocycles. The Hall–Kier alpha value is -2.12. The van der Waals surface area contributed by atoms with Crippen LogP contribution in [0.4, 0.5) is 5.69 Å². The highest BCUT2D eigenvalue weighted by Crippen LogP contribution is 2.25. The zero-order valence-electron chi connectivity index (χ0n) is 10.2. The van der Waals surface area contributed by atoms with Crippen molar-refractivity contribution in [3.05, 3.63) is 29.3 Å². The number of aromatic carboxylic acids is 1. The van der Waals surface area contributed by atoms with Crippen molar-refractivity contribution in [2.75, 3.05) is 12.8 Å². The van der Waals surface area contributed by atoms with E-state index in [1.165, 1.54) is 18.2 Å². The first-order valence-corrected chi connectivity index (χ1v) is 5.42. The summed E-state index contributed by atoms with van der Waals surface area (Å²) in [5.41, 5.74) is 5.44. The van der Waals surface area contributed by atoms with Crippen LogP contribution in [0.2, 0.25) is 0 Å². The van der Waals surface area contributed by atoms with Crippen molar-refractivity contribution < 1.29 is 29.6 Å². The van der Waals surface area contributed by atoms with Crippen LogP contribution in [-0.4, -0.2) is 40.5 Å². The summed E-state index contributed by atoms with van der Waals surface area (Å²) >= 11 is 0. The SMILES string of the molecule is COC(=O)CC(O)C(O)c1ccc(N)cc1C(=O)O. The van der Waals surface area contributed by atoms with Crippen molar-refractivity contribution in [2.45, 2.75) is 18.6 Å². The number of anilines is 1. The minimum absolute atomic E-state index is 0.0156. The van der Waals surface area contributed by atoms with Gasteiger partial charge in [-0.3, -0.25) is 4.79 Å². The zero-order valence-corrected chi connectivity index (χ0v) is 10.2. The number of carboxylic acids is 1. The minimum atomic E-state index is -1.52. The molecular weight excluding hydrogens is 254 g/mol. The molecule has 0 heterocycles. The Morgan fingerprint density at radius 1 is 1.37 bits per heavy atom. The molecule has 0 saturated carbocycles. The molecule has 0 bridgehead atoms. The van der Waals surface area contributed by atoms with E-state index in [0.717, 1.165) is 7.11 Å². The average molecular weight is 269 g/mol. The van der Waals surface area contributed by atoms with Gasteiger partial charge in [0.25, 0.3) is 0 Å². The van der Waals surface area contributed by atoms with Crippen LogP contribution in [0.3, 0.4) is 0 Å². The van der Waals surface area contributed by atoms with E-state index in [0.29, 0.717) is 0 Å². The van der Waals surface area contributed by atoms with Gasteiger partial charge in [0, 0.05) is 5.69 Å². The van der Waals surface area contributed by atoms with Gasteiger partial charge in [-0.05, 0) is 17.7 Å². The van der Waals surface area contributed by atoms with Crippen LogP contribution in [0.5, 0.6) is 0 Å². The molecule has 19 heavy (non-hydrogen) atoms. The summed E-state index contributed by atoms with van der Waals surface area (Å²) < 4.78 is 4.36. The van der Waals surface area contributed by atoms with Crippen LogP contribution in [-0.2, 0) is 9.53 Å². The molecule has 2 unspecified atom stereocenters. The fourth-order valence-electron chi connectivity index (χ4n) is 1.59. The Balaban J connectivity index is 3.01. The van der Waals surface area contributed by atoms with E-state index >= 15 is 0 Å². The highest BCUT2D eigenvalue weighted by Gasteiger charge is 2.25. The van der Waals surface area contributed by atoms with Crippen LogP contribution in [0.25, 0.3) is 0 Å². The summed E-state index contributed by atoms with van der Waals surface area (Å²) in [6.45, 7) is 0. The molecule has 0 fully saturated rings. The second-order valence-electron chi connectivity index (χ2n) is 3.94.